The number of carboxylic acid groups (broad SMARTS) is 1. The first kappa shape index (κ1) is 10.9. The Labute approximate surface area is 86.2 Å². The van der Waals surface area contributed by atoms with Crippen molar-refractivity contribution < 1.29 is 9.90 Å². The molecule has 0 heterocycles. The van der Waals surface area contributed by atoms with Crippen LogP contribution in [0.3, 0.4) is 0 Å². The SMILES string of the molecule is Cc1cc(/C=C/C(=O)O)cc(N)c1N=O. The van der Waals surface area contributed by atoms with Gasteiger partial charge < -0.3 is 10.8 Å². The zero-order valence-corrected chi connectivity index (χ0v) is 8.10. The van der Waals surface area contributed by atoms with Crippen LogP contribution in [0.25, 0.3) is 6.08 Å². The highest BCUT2D eigenvalue weighted by Crippen LogP contribution is 2.28. The zero-order chi connectivity index (χ0) is 11.4. The van der Waals surface area contributed by atoms with E-state index >= 15 is 0 Å². The van der Waals surface area contributed by atoms with Crippen LogP contribution in [0.4, 0.5) is 11.4 Å². The molecule has 0 radical (unpaired) electrons. The molecule has 1 aromatic carbocycles. The number of carbonyl (C=O) groups is 1. The summed E-state index contributed by atoms with van der Waals surface area (Å²) in [7, 11) is 0. The van der Waals surface area contributed by atoms with Gasteiger partial charge in [-0.05, 0) is 41.4 Å². The van der Waals surface area contributed by atoms with E-state index in [2.05, 4.69) is 5.18 Å². The highest BCUT2D eigenvalue weighted by Gasteiger charge is 2.04. The van der Waals surface area contributed by atoms with Crippen LogP contribution in [0, 0.1) is 11.8 Å². The van der Waals surface area contributed by atoms with Crippen molar-refractivity contribution in [2.75, 3.05) is 5.73 Å². The molecule has 0 aliphatic rings. The highest BCUT2D eigenvalue weighted by atomic mass is 16.4. The molecule has 0 aliphatic heterocycles. The fourth-order valence-corrected chi connectivity index (χ4v) is 1.22. The smallest absolute Gasteiger partial charge is 0.328 e. The molecular formula is C10H10N2O3. The largest absolute Gasteiger partial charge is 0.478 e. The van der Waals surface area contributed by atoms with E-state index in [1.165, 1.54) is 12.1 Å². The third-order valence-corrected chi connectivity index (χ3v) is 1.86. The number of nitrogens with zero attached hydrogens (tertiary/aromatic N) is 1. The number of carboxylic acids is 1. The monoisotopic (exact) mass is 206 g/mol. The van der Waals surface area contributed by atoms with Crippen LogP contribution in [0.5, 0.6) is 0 Å². The summed E-state index contributed by atoms with van der Waals surface area (Å²) in [5.41, 5.74) is 7.25. The minimum absolute atomic E-state index is 0.197. The number of aryl methyl sites for hydroxylation is 1. The summed E-state index contributed by atoms with van der Waals surface area (Å²) in [5, 5.41) is 11.2. The molecule has 5 heteroatoms. The Morgan fingerprint density at radius 2 is 2.20 bits per heavy atom. The number of hydrogen-bond donors (Lipinski definition) is 2. The van der Waals surface area contributed by atoms with Gasteiger partial charge in [0.2, 0.25) is 0 Å². The standard InChI is InChI=1S/C10H10N2O3/c1-6-4-7(2-3-9(13)14)5-8(11)10(6)12-15/h2-5H,11H2,1H3,(H,13,14)/b3-2+. The number of hydrogen-bond acceptors (Lipinski definition) is 4. The summed E-state index contributed by atoms with van der Waals surface area (Å²) in [6.07, 6.45) is 2.41. The van der Waals surface area contributed by atoms with Crippen LogP contribution < -0.4 is 5.73 Å². The maximum atomic E-state index is 10.4. The Morgan fingerprint density at radius 1 is 1.53 bits per heavy atom. The van der Waals surface area contributed by atoms with Crippen molar-refractivity contribution in [3.63, 3.8) is 0 Å². The van der Waals surface area contributed by atoms with Crippen LogP contribution in [0.2, 0.25) is 0 Å². The van der Waals surface area contributed by atoms with Crippen LogP contribution in [-0.4, -0.2) is 11.1 Å². The molecule has 0 fully saturated rings. The minimum Gasteiger partial charge on any atom is -0.478 e. The summed E-state index contributed by atoms with van der Waals surface area (Å²) in [6, 6.07) is 3.15. The Kier molecular flexibility index (Phi) is 3.17. The fraction of sp³-hybridized carbons (Fsp3) is 0.100. The molecule has 0 amide bonds. The lowest BCUT2D eigenvalue weighted by molar-refractivity contribution is -0.131. The zero-order valence-electron chi connectivity index (χ0n) is 8.10. The Hall–Kier alpha value is -2.17. The van der Waals surface area contributed by atoms with E-state index < -0.39 is 5.97 Å². The van der Waals surface area contributed by atoms with Crippen LogP contribution in [-0.2, 0) is 4.79 Å². The van der Waals surface area contributed by atoms with Crippen molar-refractivity contribution in [3.8, 4) is 0 Å². The van der Waals surface area contributed by atoms with Gasteiger partial charge in [0.25, 0.3) is 0 Å². The van der Waals surface area contributed by atoms with Crippen molar-refractivity contribution in [1.82, 2.24) is 0 Å². The summed E-state index contributed by atoms with van der Waals surface area (Å²) < 4.78 is 0. The lowest BCUT2D eigenvalue weighted by atomic mass is 10.1. The van der Waals surface area contributed by atoms with Gasteiger partial charge in [0.05, 0.1) is 5.69 Å². The average molecular weight is 206 g/mol. The predicted molar refractivity (Wildman–Crippen MR) is 57.7 cm³/mol. The molecule has 1 aromatic rings. The van der Waals surface area contributed by atoms with Crippen molar-refractivity contribution in [2.24, 2.45) is 5.18 Å². The van der Waals surface area contributed by atoms with Crippen molar-refractivity contribution in [2.45, 2.75) is 6.92 Å². The fourth-order valence-electron chi connectivity index (χ4n) is 1.22. The van der Waals surface area contributed by atoms with Gasteiger partial charge in [0.15, 0.2) is 0 Å². The Morgan fingerprint density at radius 3 is 2.67 bits per heavy atom. The molecule has 78 valence electrons. The number of anilines is 1. The predicted octanol–water partition coefficient (Wildman–Crippen LogP) is 2.07. The summed E-state index contributed by atoms with van der Waals surface area (Å²) in [6.45, 7) is 1.69. The van der Waals surface area contributed by atoms with E-state index in [9.17, 15) is 9.70 Å². The molecule has 3 N–H and O–H groups in total. The second-order valence-electron chi connectivity index (χ2n) is 3.04. The summed E-state index contributed by atoms with van der Waals surface area (Å²) >= 11 is 0. The quantitative estimate of drug-likeness (QED) is 0.449. The van der Waals surface area contributed by atoms with Gasteiger partial charge in [-0.15, -0.1) is 4.91 Å². The van der Waals surface area contributed by atoms with Crippen LogP contribution >= 0.6 is 0 Å². The number of nitroso groups, excluding NO2 is 1. The highest BCUT2D eigenvalue weighted by molar-refractivity contribution is 5.86. The first-order valence-corrected chi connectivity index (χ1v) is 4.19. The van der Waals surface area contributed by atoms with Gasteiger partial charge in [-0.1, -0.05) is 0 Å². The second-order valence-corrected chi connectivity index (χ2v) is 3.04. The van der Waals surface area contributed by atoms with E-state index in [0.29, 0.717) is 11.1 Å². The molecule has 0 aromatic heterocycles. The molecule has 0 atom stereocenters. The van der Waals surface area contributed by atoms with Crippen LogP contribution in [0.15, 0.2) is 23.4 Å². The molecule has 0 bridgehead atoms. The topological polar surface area (TPSA) is 92.8 Å². The van der Waals surface area contributed by atoms with E-state index in [4.69, 9.17) is 10.8 Å². The van der Waals surface area contributed by atoms with Gasteiger partial charge in [-0.2, -0.15) is 0 Å². The number of aliphatic carboxylic acids is 1. The van der Waals surface area contributed by atoms with Crippen LogP contribution in [0.1, 0.15) is 11.1 Å². The lowest BCUT2D eigenvalue weighted by Gasteiger charge is -2.03. The van der Waals surface area contributed by atoms with Gasteiger partial charge in [-0.3, -0.25) is 0 Å². The number of benzene rings is 1. The number of nitrogen functional groups attached to an aromatic ring is 1. The Bertz CT molecular complexity index is 415. The van der Waals surface area contributed by atoms with Crippen molar-refractivity contribution in [1.29, 1.82) is 0 Å². The van der Waals surface area contributed by atoms with Gasteiger partial charge in [0, 0.05) is 6.08 Å². The van der Waals surface area contributed by atoms with E-state index in [1.807, 2.05) is 0 Å². The number of nitrogens with two attached hydrogens (primary N) is 1. The Balaban J connectivity index is 3.14. The van der Waals surface area contributed by atoms with Gasteiger partial charge >= 0.3 is 5.97 Å². The normalized spacial score (nSPS) is 10.5. The summed E-state index contributed by atoms with van der Waals surface area (Å²) in [5.74, 6) is -1.04. The maximum absolute atomic E-state index is 10.4. The van der Waals surface area contributed by atoms with Crippen molar-refractivity contribution >= 4 is 23.4 Å². The maximum Gasteiger partial charge on any atom is 0.328 e. The molecule has 5 nitrogen and oxygen atoms in total. The second kappa shape index (κ2) is 4.36. The summed E-state index contributed by atoms with van der Waals surface area (Å²) in [4.78, 5) is 20.7. The van der Waals surface area contributed by atoms with Crippen molar-refractivity contribution in [3.05, 3.63) is 34.2 Å². The molecular weight excluding hydrogens is 196 g/mol. The molecule has 0 aliphatic carbocycles. The minimum atomic E-state index is -1.04. The molecule has 0 saturated carbocycles. The molecule has 0 unspecified atom stereocenters. The first-order valence-electron chi connectivity index (χ1n) is 4.19. The van der Waals surface area contributed by atoms with E-state index in [-0.39, 0.29) is 11.4 Å². The first-order chi connectivity index (χ1) is 7.04. The van der Waals surface area contributed by atoms with E-state index in [1.54, 1.807) is 13.0 Å². The number of rotatable bonds is 3. The molecule has 1 rings (SSSR count). The van der Waals surface area contributed by atoms with Gasteiger partial charge in [0.1, 0.15) is 5.69 Å². The average Bonchev–Trinajstić information content (AvgIpc) is 2.14. The lowest BCUT2D eigenvalue weighted by Crippen LogP contribution is -1.90. The molecule has 0 spiro atoms. The third-order valence-electron chi connectivity index (χ3n) is 1.86. The molecule has 15 heavy (non-hydrogen) atoms. The third kappa shape index (κ3) is 2.63. The van der Waals surface area contributed by atoms with Gasteiger partial charge in [-0.25, -0.2) is 4.79 Å². The molecule has 0 saturated heterocycles. The van der Waals surface area contributed by atoms with E-state index in [0.717, 1.165) is 6.08 Å².